The predicted octanol–water partition coefficient (Wildman–Crippen LogP) is 6.93. The van der Waals surface area contributed by atoms with Crippen LogP contribution in [-0.2, 0) is 4.57 Å². The van der Waals surface area contributed by atoms with Gasteiger partial charge in [-0.1, -0.05) is 76.2 Å². The second kappa shape index (κ2) is 18.0. The molecule has 190 valence electrons. The number of hydrogen-bond donors (Lipinski definition) is 3. The molecule has 3 N–H and O–H groups in total. The highest BCUT2D eigenvalue weighted by molar-refractivity contribution is 7.53. The van der Waals surface area contributed by atoms with E-state index in [1.54, 1.807) is 0 Å². The van der Waals surface area contributed by atoms with E-state index in [1.807, 2.05) is 21.1 Å². The van der Waals surface area contributed by atoms with Crippen molar-refractivity contribution >= 4 is 7.60 Å². The molecule has 0 aliphatic rings. The van der Waals surface area contributed by atoms with Crippen LogP contribution >= 0.6 is 7.60 Å². The van der Waals surface area contributed by atoms with Crippen LogP contribution < -0.4 is 0 Å². The van der Waals surface area contributed by atoms with E-state index in [1.165, 1.54) is 64.2 Å². The molecule has 0 aromatic rings. The highest BCUT2D eigenvalue weighted by Crippen LogP contribution is 2.52. The fraction of sp³-hybridized carbons (Fsp3) is 0.846. The first-order chi connectivity index (χ1) is 15.0. The molecule has 0 saturated heterocycles. The van der Waals surface area contributed by atoms with Crippen molar-refractivity contribution in [1.29, 1.82) is 0 Å². The number of allylic oxidation sites excluding steroid dienone is 4. The van der Waals surface area contributed by atoms with Crippen LogP contribution in [-0.4, -0.2) is 52.4 Å². The van der Waals surface area contributed by atoms with E-state index in [4.69, 9.17) is 0 Å². The summed E-state index contributed by atoms with van der Waals surface area (Å²) in [6.45, 7) is 2.29. The van der Waals surface area contributed by atoms with Gasteiger partial charge < -0.3 is 19.4 Å². The van der Waals surface area contributed by atoms with Crippen LogP contribution in [0.5, 0.6) is 0 Å². The van der Waals surface area contributed by atoms with Crippen molar-refractivity contribution in [2.24, 2.45) is 0 Å². The zero-order valence-electron chi connectivity index (χ0n) is 21.5. The van der Waals surface area contributed by atoms with Gasteiger partial charge in [-0.25, -0.2) is 0 Å². The summed E-state index contributed by atoms with van der Waals surface area (Å²) < 4.78 is 12.1. The Hall–Kier alpha value is -0.450. The van der Waals surface area contributed by atoms with Gasteiger partial charge in [-0.15, -0.1) is 0 Å². The van der Waals surface area contributed by atoms with Gasteiger partial charge in [0.1, 0.15) is 6.54 Å². The van der Waals surface area contributed by atoms with E-state index in [9.17, 15) is 19.5 Å². The first-order valence-electron chi connectivity index (χ1n) is 12.9. The molecule has 1 unspecified atom stereocenters. The van der Waals surface area contributed by atoms with Crippen molar-refractivity contribution in [3.8, 4) is 0 Å². The van der Waals surface area contributed by atoms with Gasteiger partial charge in [-0.3, -0.25) is 4.57 Å². The summed E-state index contributed by atoms with van der Waals surface area (Å²) in [5, 5.41) is 8.61. The summed E-state index contributed by atoms with van der Waals surface area (Å²) in [7, 11) is 0.943. The van der Waals surface area contributed by atoms with Crippen LogP contribution in [0.15, 0.2) is 24.3 Å². The minimum Gasteiger partial charge on any atom is -0.373 e. The monoisotopic (exact) mass is 474 g/mol. The summed E-state index contributed by atoms with van der Waals surface area (Å²) in [6.07, 6.45) is 26.9. The normalized spacial score (nSPS) is 15.1. The Kier molecular flexibility index (Phi) is 17.7. The molecule has 0 radical (unpaired) electrons. The SMILES string of the molecule is CCCC/C=C\CCCCCCCC/C=C\CCCCCC(O)(C[N+](C)(C)C)P(=O)(O)O. The van der Waals surface area contributed by atoms with Crippen LogP contribution in [0.4, 0.5) is 0 Å². The average Bonchev–Trinajstić information content (AvgIpc) is 2.67. The number of aliphatic hydroxyl groups is 1. The molecule has 0 aromatic carbocycles. The largest absolute Gasteiger partial charge is 0.373 e. The van der Waals surface area contributed by atoms with E-state index >= 15 is 0 Å². The minimum absolute atomic E-state index is 0.0489. The predicted molar refractivity (Wildman–Crippen MR) is 138 cm³/mol. The molecule has 0 aromatic heterocycles. The Morgan fingerprint density at radius 2 is 1.06 bits per heavy atom. The summed E-state index contributed by atoms with van der Waals surface area (Å²) in [6, 6.07) is 0. The van der Waals surface area contributed by atoms with E-state index < -0.39 is 12.9 Å². The van der Waals surface area contributed by atoms with Crippen LogP contribution in [0.2, 0.25) is 0 Å². The van der Waals surface area contributed by atoms with Crippen molar-refractivity contribution in [3.63, 3.8) is 0 Å². The van der Waals surface area contributed by atoms with Gasteiger partial charge in [0.05, 0.1) is 21.1 Å². The average molecular weight is 475 g/mol. The molecule has 1 atom stereocenters. The molecule has 0 aliphatic carbocycles. The first-order valence-corrected chi connectivity index (χ1v) is 14.5. The summed E-state index contributed by atoms with van der Waals surface area (Å²) >= 11 is 0. The maximum Gasteiger partial charge on any atom is 0.362 e. The second-order valence-electron chi connectivity index (χ2n) is 10.4. The van der Waals surface area contributed by atoms with E-state index in [0.29, 0.717) is 10.9 Å². The second-order valence-corrected chi connectivity index (χ2v) is 12.3. The number of likely N-dealkylation sites (N-methyl/N-ethyl adjacent to an activating group) is 1. The highest BCUT2D eigenvalue weighted by atomic mass is 31.2. The molecule has 0 saturated carbocycles. The number of rotatable bonds is 21. The number of quaternary nitrogens is 1. The summed E-state index contributed by atoms with van der Waals surface area (Å²) in [5.41, 5.74) is 0. The minimum atomic E-state index is -4.56. The molecule has 32 heavy (non-hydrogen) atoms. The Morgan fingerprint density at radius 3 is 1.44 bits per heavy atom. The van der Waals surface area contributed by atoms with Crippen LogP contribution in [0.1, 0.15) is 110 Å². The van der Waals surface area contributed by atoms with E-state index in [-0.39, 0.29) is 13.0 Å². The Bertz CT molecular complexity index is 551. The number of hydrogen-bond acceptors (Lipinski definition) is 2. The van der Waals surface area contributed by atoms with Crippen LogP contribution in [0, 0.1) is 0 Å². The quantitative estimate of drug-likeness (QED) is 0.0729. The molecule has 0 amide bonds. The van der Waals surface area contributed by atoms with Gasteiger partial charge in [-0.2, -0.15) is 0 Å². The van der Waals surface area contributed by atoms with Gasteiger partial charge in [0.2, 0.25) is 5.34 Å². The molecule has 5 nitrogen and oxygen atoms in total. The Morgan fingerprint density at radius 1 is 0.688 bits per heavy atom. The fourth-order valence-electron chi connectivity index (χ4n) is 3.95. The molecular weight excluding hydrogens is 421 g/mol. The summed E-state index contributed by atoms with van der Waals surface area (Å²) in [5.74, 6) is 0. The van der Waals surface area contributed by atoms with Crippen molar-refractivity contribution in [2.45, 2.75) is 115 Å². The zero-order valence-corrected chi connectivity index (χ0v) is 22.4. The number of nitrogens with zero attached hydrogens (tertiary/aromatic N) is 1. The molecular formula is C26H53NO4P+. The third kappa shape index (κ3) is 18.0. The lowest BCUT2D eigenvalue weighted by molar-refractivity contribution is -0.875. The summed E-state index contributed by atoms with van der Waals surface area (Å²) in [4.78, 5) is 19.2. The maximum absolute atomic E-state index is 11.8. The zero-order chi connectivity index (χ0) is 24.3. The highest BCUT2D eigenvalue weighted by Gasteiger charge is 2.48. The van der Waals surface area contributed by atoms with Crippen molar-refractivity contribution in [3.05, 3.63) is 24.3 Å². The molecule has 6 heteroatoms. The molecule has 0 heterocycles. The molecule has 0 bridgehead atoms. The lowest BCUT2D eigenvalue weighted by Crippen LogP contribution is -2.49. The molecule has 0 rings (SSSR count). The van der Waals surface area contributed by atoms with Crippen LogP contribution in [0.3, 0.4) is 0 Å². The van der Waals surface area contributed by atoms with Crippen LogP contribution in [0.25, 0.3) is 0 Å². The van der Waals surface area contributed by atoms with Crippen molar-refractivity contribution < 1.29 is 23.9 Å². The van der Waals surface area contributed by atoms with Crippen molar-refractivity contribution in [1.82, 2.24) is 0 Å². The lowest BCUT2D eigenvalue weighted by Gasteiger charge is -2.35. The smallest absolute Gasteiger partial charge is 0.362 e. The van der Waals surface area contributed by atoms with Gasteiger partial charge in [0.25, 0.3) is 0 Å². The Balaban J connectivity index is 3.67. The lowest BCUT2D eigenvalue weighted by atomic mass is 10.1. The first kappa shape index (κ1) is 31.6. The van der Waals surface area contributed by atoms with E-state index in [2.05, 4.69) is 31.2 Å². The van der Waals surface area contributed by atoms with Gasteiger partial charge >= 0.3 is 7.60 Å². The Labute approximate surface area is 198 Å². The molecule has 0 aliphatic heterocycles. The van der Waals surface area contributed by atoms with Gasteiger partial charge in [-0.05, 0) is 57.8 Å². The fourth-order valence-corrected chi connectivity index (χ4v) is 5.01. The molecule has 0 spiro atoms. The third-order valence-electron chi connectivity index (χ3n) is 5.77. The number of unbranched alkanes of at least 4 members (excludes halogenated alkanes) is 12. The standard InChI is InChI=1S/C26H52NO4P/c1-5-6-7-8-9-10-11-12-13-14-15-16-17-18-19-20-21-22-23-24-26(28,32(29,30)31)25-27(2,3)4/h8-9,18-19,28H,5-7,10-17,20-25H2,1-4H3,(H-,29,30,31)/p+1/b9-8-,19-18-. The van der Waals surface area contributed by atoms with E-state index in [0.717, 1.165) is 25.7 Å². The third-order valence-corrected chi connectivity index (χ3v) is 7.22. The topological polar surface area (TPSA) is 77.8 Å². The maximum atomic E-state index is 11.8. The van der Waals surface area contributed by atoms with Crippen molar-refractivity contribution in [2.75, 3.05) is 27.7 Å². The molecule has 0 fully saturated rings. The van der Waals surface area contributed by atoms with Gasteiger partial charge in [0, 0.05) is 0 Å². The van der Waals surface area contributed by atoms with Gasteiger partial charge in [0.15, 0.2) is 0 Å².